The Morgan fingerprint density at radius 3 is 2.54 bits per heavy atom. The maximum absolute atomic E-state index is 9.24. The van der Waals surface area contributed by atoms with Crippen molar-refractivity contribution in [2.75, 3.05) is 19.1 Å². The highest BCUT2D eigenvalue weighted by Crippen LogP contribution is 2.33. The summed E-state index contributed by atoms with van der Waals surface area (Å²) in [5.74, 6) is 0.861. The van der Waals surface area contributed by atoms with Gasteiger partial charge in [-0.1, -0.05) is 25.6 Å². The number of anilines is 2. The summed E-state index contributed by atoms with van der Waals surface area (Å²) in [6, 6.07) is 17.8. The van der Waals surface area contributed by atoms with E-state index in [0.29, 0.717) is 5.69 Å². The molecule has 0 amide bonds. The molecule has 2 aromatic carbocycles. The molecule has 24 heavy (non-hydrogen) atoms. The predicted molar refractivity (Wildman–Crippen MR) is 99.0 cm³/mol. The van der Waals surface area contributed by atoms with E-state index in [1.807, 2.05) is 56.4 Å². The molecule has 1 aromatic heterocycles. The molecular weight excluding hydrogens is 298 g/mol. The molecule has 1 heterocycles. The molecule has 0 saturated carbocycles. The van der Waals surface area contributed by atoms with Gasteiger partial charge in [0.15, 0.2) is 0 Å². The molecule has 3 aromatic rings. The van der Waals surface area contributed by atoms with Gasteiger partial charge in [-0.15, -0.1) is 0 Å². The van der Waals surface area contributed by atoms with Gasteiger partial charge in [0.25, 0.3) is 0 Å². The quantitative estimate of drug-likeness (QED) is 0.694. The summed E-state index contributed by atoms with van der Waals surface area (Å²) in [4.78, 5) is 6.43. The fraction of sp³-hybridized carbons (Fsp3) is 0.200. The fourth-order valence-electron chi connectivity index (χ4n) is 2.70. The van der Waals surface area contributed by atoms with Crippen LogP contribution >= 0.6 is 0 Å². The summed E-state index contributed by atoms with van der Waals surface area (Å²) >= 11 is 0. The average molecular weight is 319 g/mol. The second-order valence-corrected chi connectivity index (χ2v) is 5.37. The van der Waals surface area contributed by atoms with E-state index < -0.39 is 0 Å². The number of aryl methyl sites for hydroxylation is 1. The van der Waals surface area contributed by atoms with E-state index in [9.17, 15) is 5.26 Å². The van der Waals surface area contributed by atoms with Crippen LogP contribution in [0.1, 0.15) is 18.7 Å². The number of pyridine rings is 1. The van der Waals surface area contributed by atoms with Crippen LogP contribution in [0, 0.1) is 18.3 Å². The minimum atomic E-state index is 0. The van der Waals surface area contributed by atoms with Crippen molar-refractivity contribution in [1.82, 2.24) is 4.98 Å². The number of ether oxygens (including phenoxy) is 1. The van der Waals surface area contributed by atoms with Gasteiger partial charge in [0.2, 0.25) is 0 Å². The van der Waals surface area contributed by atoms with E-state index in [2.05, 4.69) is 22.0 Å². The molecule has 0 radical (unpaired) electrons. The summed E-state index contributed by atoms with van der Waals surface area (Å²) in [6.07, 6.45) is 0. The number of nitrogens with zero attached hydrogens (tertiary/aromatic N) is 3. The summed E-state index contributed by atoms with van der Waals surface area (Å²) < 4.78 is 5.32. The van der Waals surface area contributed by atoms with Crippen molar-refractivity contribution in [1.29, 1.82) is 5.26 Å². The molecule has 0 unspecified atom stereocenters. The van der Waals surface area contributed by atoms with Crippen LogP contribution in [-0.4, -0.2) is 19.1 Å². The number of nitriles is 1. The predicted octanol–water partition coefficient (Wildman–Crippen LogP) is 4.83. The Morgan fingerprint density at radius 2 is 1.88 bits per heavy atom. The smallest absolute Gasteiger partial charge is 0.143 e. The van der Waals surface area contributed by atoms with Crippen LogP contribution in [0.2, 0.25) is 0 Å². The summed E-state index contributed by atoms with van der Waals surface area (Å²) in [6.45, 7) is 2.02. The number of fused-ring (bicyclic) bond motifs is 1. The number of methoxy groups -OCH3 is 1. The van der Waals surface area contributed by atoms with E-state index in [1.165, 1.54) is 0 Å². The van der Waals surface area contributed by atoms with Crippen LogP contribution in [0.25, 0.3) is 10.9 Å². The van der Waals surface area contributed by atoms with Crippen LogP contribution in [0.3, 0.4) is 0 Å². The van der Waals surface area contributed by atoms with Crippen molar-refractivity contribution in [2.24, 2.45) is 0 Å². The minimum Gasteiger partial charge on any atom is -0.496 e. The van der Waals surface area contributed by atoms with Crippen LogP contribution < -0.4 is 9.64 Å². The maximum Gasteiger partial charge on any atom is 0.143 e. The van der Waals surface area contributed by atoms with Gasteiger partial charge in [0.05, 0.1) is 18.3 Å². The van der Waals surface area contributed by atoms with Crippen LogP contribution in [0.4, 0.5) is 11.4 Å². The van der Waals surface area contributed by atoms with Crippen molar-refractivity contribution in [3.63, 3.8) is 0 Å². The standard InChI is InChI=1S/C19H17N3O.CH4/c1-13-10-15(8-9-19(13)23-3)22(2)18-11-14(12-20)21-17-7-5-4-6-16(17)18;/h4-11H,1-3H3;1H4. The van der Waals surface area contributed by atoms with Gasteiger partial charge in [-0.25, -0.2) is 4.98 Å². The Balaban J connectivity index is 0.00000208. The van der Waals surface area contributed by atoms with E-state index in [0.717, 1.165) is 33.6 Å². The minimum absolute atomic E-state index is 0. The van der Waals surface area contributed by atoms with E-state index in [1.54, 1.807) is 7.11 Å². The Morgan fingerprint density at radius 1 is 1.12 bits per heavy atom. The lowest BCUT2D eigenvalue weighted by Gasteiger charge is -2.22. The van der Waals surface area contributed by atoms with Gasteiger partial charge in [0.1, 0.15) is 17.5 Å². The average Bonchev–Trinajstić information content (AvgIpc) is 2.60. The molecule has 0 aliphatic rings. The molecule has 0 spiro atoms. The second-order valence-electron chi connectivity index (χ2n) is 5.37. The normalized spacial score (nSPS) is 9.92. The number of hydrogen-bond donors (Lipinski definition) is 0. The van der Waals surface area contributed by atoms with Crippen molar-refractivity contribution >= 4 is 22.3 Å². The lowest BCUT2D eigenvalue weighted by atomic mass is 10.1. The van der Waals surface area contributed by atoms with Crippen molar-refractivity contribution in [3.05, 3.63) is 59.8 Å². The van der Waals surface area contributed by atoms with Crippen LogP contribution in [-0.2, 0) is 0 Å². The largest absolute Gasteiger partial charge is 0.496 e. The molecule has 0 fully saturated rings. The number of aromatic nitrogens is 1. The third kappa shape index (κ3) is 3.02. The first-order chi connectivity index (χ1) is 11.1. The van der Waals surface area contributed by atoms with Gasteiger partial charge in [-0.05, 0) is 42.8 Å². The first-order valence-corrected chi connectivity index (χ1v) is 7.32. The zero-order valence-electron chi connectivity index (χ0n) is 13.4. The molecule has 0 atom stereocenters. The Kier molecular flexibility index (Phi) is 5.05. The Labute approximate surface area is 142 Å². The summed E-state index contributed by atoms with van der Waals surface area (Å²) in [5, 5.41) is 10.3. The lowest BCUT2D eigenvalue weighted by molar-refractivity contribution is 0.412. The number of benzene rings is 2. The molecule has 0 aliphatic heterocycles. The molecule has 0 N–H and O–H groups in total. The van der Waals surface area contributed by atoms with Gasteiger partial charge in [-0.3, -0.25) is 0 Å². The van der Waals surface area contributed by atoms with Gasteiger partial charge in [0, 0.05) is 18.1 Å². The lowest BCUT2D eigenvalue weighted by Crippen LogP contribution is -2.11. The van der Waals surface area contributed by atoms with Gasteiger partial charge >= 0.3 is 0 Å². The maximum atomic E-state index is 9.24. The summed E-state index contributed by atoms with van der Waals surface area (Å²) in [5.41, 5.74) is 4.28. The number of hydrogen-bond acceptors (Lipinski definition) is 4. The zero-order valence-corrected chi connectivity index (χ0v) is 13.4. The molecular formula is C20H21N3O. The zero-order chi connectivity index (χ0) is 16.4. The van der Waals surface area contributed by atoms with Crippen molar-refractivity contribution in [3.8, 4) is 11.8 Å². The Bertz CT molecular complexity index is 912. The monoisotopic (exact) mass is 319 g/mol. The molecule has 0 bridgehead atoms. The molecule has 0 saturated heterocycles. The summed E-state index contributed by atoms with van der Waals surface area (Å²) in [7, 11) is 3.66. The third-order valence-corrected chi connectivity index (χ3v) is 3.94. The van der Waals surface area contributed by atoms with Crippen LogP contribution in [0.15, 0.2) is 48.5 Å². The third-order valence-electron chi connectivity index (χ3n) is 3.94. The second kappa shape index (κ2) is 7.01. The molecule has 4 heteroatoms. The number of para-hydroxylation sites is 1. The number of rotatable bonds is 3. The topological polar surface area (TPSA) is 49.1 Å². The first kappa shape index (κ1) is 17.3. The van der Waals surface area contributed by atoms with Gasteiger partial charge < -0.3 is 9.64 Å². The highest BCUT2D eigenvalue weighted by Gasteiger charge is 2.12. The molecule has 3 rings (SSSR count). The molecule has 122 valence electrons. The van der Waals surface area contributed by atoms with E-state index in [4.69, 9.17) is 4.74 Å². The van der Waals surface area contributed by atoms with E-state index >= 15 is 0 Å². The van der Waals surface area contributed by atoms with E-state index in [-0.39, 0.29) is 7.43 Å². The fourth-order valence-corrected chi connectivity index (χ4v) is 2.70. The first-order valence-electron chi connectivity index (χ1n) is 7.32. The van der Waals surface area contributed by atoms with Crippen molar-refractivity contribution < 1.29 is 4.74 Å². The Hall–Kier alpha value is -3.06. The van der Waals surface area contributed by atoms with Crippen molar-refractivity contribution in [2.45, 2.75) is 14.4 Å². The van der Waals surface area contributed by atoms with Crippen LogP contribution in [0.5, 0.6) is 5.75 Å². The molecule has 0 aliphatic carbocycles. The SMILES string of the molecule is C.COc1ccc(N(C)c2cc(C#N)nc3ccccc23)cc1C. The molecule has 4 nitrogen and oxygen atoms in total. The highest BCUT2D eigenvalue weighted by atomic mass is 16.5. The highest BCUT2D eigenvalue weighted by molar-refractivity contribution is 5.94. The van der Waals surface area contributed by atoms with Gasteiger partial charge in [-0.2, -0.15) is 5.26 Å².